The largest absolute Gasteiger partial charge is 0.489 e. The molecule has 7 nitrogen and oxygen atoms in total. The molecule has 2 aliphatic rings. The highest BCUT2D eigenvalue weighted by molar-refractivity contribution is 5.67. The zero-order valence-electron chi connectivity index (χ0n) is 17.5. The maximum atomic E-state index is 11.4. The minimum absolute atomic E-state index is 0.128. The number of carbonyl (C=O) groups is 1. The number of anilines is 1. The second-order valence-electron chi connectivity index (χ2n) is 8.01. The summed E-state index contributed by atoms with van der Waals surface area (Å²) in [7, 11) is 1.36. The molecule has 1 saturated carbocycles. The van der Waals surface area contributed by atoms with Crippen LogP contribution >= 0.6 is 0 Å². The van der Waals surface area contributed by atoms with Gasteiger partial charge in [-0.05, 0) is 49.4 Å². The Labute approximate surface area is 177 Å². The first kappa shape index (κ1) is 20.3. The summed E-state index contributed by atoms with van der Waals surface area (Å²) in [5, 5.41) is 2.76. The van der Waals surface area contributed by atoms with E-state index in [1.165, 1.54) is 20.0 Å². The van der Waals surface area contributed by atoms with Crippen LogP contribution in [0.3, 0.4) is 0 Å². The standard InChI is InChI=1S/C23H29N3O4/c1-16(25-23(27)28-2)18-5-7-20(8-6-18)30-21-10-12-26(14-21)19-9-11-24-22(13-19)29-15-17-3-4-17/h5-9,11,13,16-17,21H,3-4,10,12,14-15H2,1-2H3,(H,25,27)/t16-,21?/m0/s1. The van der Waals surface area contributed by atoms with Crippen LogP contribution in [0.2, 0.25) is 0 Å². The molecule has 1 aliphatic carbocycles. The van der Waals surface area contributed by atoms with Gasteiger partial charge in [-0.25, -0.2) is 9.78 Å². The van der Waals surface area contributed by atoms with Gasteiger partial charge in [0.15, 0.2) is 0 Å². The number of hydrogen-bond donors (Lipinski definition) is 1. The zero-order valence-corrected chi connectivity index (χ0v) is 17.5. The number of rotatable bonds is 8. The van der Waals surface area contributed by atoms with Crippen molar-refractivity contribution in [3.05, 3.63) is 48.2 Å². The minimum Gasteiger partial charge on any atom is -0.489 e. The molecule has 0 radical (unpaired) electrons. The molecule has 2 atom stereocenters. The van der Waals surface area contributed by atoms with Crippen molar-refractivity contribution in [2.45, 2.75) is 38.3 Å². The van der Waals surface area contributed by atoms with E-state index in [0.717, 1.165) is 43.1 Å². The summed E-state index contributed by atoms with van der Waals surface area (Å²) in [5.41, 5.74) is 2.12. The van der Waals surface area contributed by atoms with Crippen molar-refractivity contribution in [2.24, 2.45) is 5.92 Å². The molecule has 0 bridgehead atoms. The average Bonchev–Trinajstić information content (AvgIpc) is 3.49. The van der Waals surface area contributed by atoms with Gasteiger partial charge in [0.05, 0.1) is 26.3 Å². The summed E-state index contributed by atoms with van der Waals surface area (Å²) < 4.78 is 16.6. The van der Waals surface area contributed by atoms with Crippen LogP contribution in [0.4, 0.5) is 10.5 Å². The lowest BCUT2D eigenvalue weighted by Crippen LogP contribution is -2.26. The third-order valence-electron chi connectivity index (χ3n) is 5.60. The molecule has 1 unspecified atom stereocenters. The lowest BCUT2D eigenvalue weighted by Gasteiger charge is -2.20. The first-order valence-corrected chi connectivity index (χ1v) is 10.6. The number of hydrogen-bond acceptors (Lipinski definition) is 6. The highest BCUT2D eigenvalue weighted by Gasteiger charge is 2.25. The van der Waals surface area contributed by atoms with Crippen LogP contribution in [0.15, 0.2) is 42.6 Å². The van der Waals surface area contributed by atoms with Gasteiger partial charge in [-0.3, -0.25) is 0 Å². The molecule has 30 heavy (non-hydrogen) atoms. The Balaban J connectivity index is 1.29. The van der Waals surface area contributed by atoms with Gasteiger partial charge >= 0.3 is 6.09 Å². The Morgan fingerprint density at radius 1 is 1.23 bits per heavy atom. The third-order valence-corrected chi connectivity index (χ3v) is 5.60. The van der Waals surface area contributed by atoms with Gasteiger partial charge in [-0.2, -0.15) is 0 Å². The fourth-order valence-electron chi connectivity index (χ4n) is 3.57. The Hall–Kier alpha value is -2.96. The number of alkyl carbamates (subject to hydrolysis) is 1. The van der Waals surface area contributed by atoms with Gasteiger partial charge in [-0.15, -0.1) is 0 Å². The van der Waals surface area contributed by atoms with Gasteiger partial charge in [0, 0.05) is 30.9 Å². The quantitative estimate of drug-likeness (QED) is 0.709. The zero-order chi connectivity index (χ0) is 20.9. The summed E-state index contributed by atoms with van der Waals surface area (Å²) in [6, 6.07) is 11.8. The van der Waals surface area contributed by atoms with Crippen molar-refractivity contribution < 1.29 is 19.0 Å². The summed E-state index contributed by atoms with van der Waals surface area (Å²) >= 11 is 0. The third kappa shape index (κ3) is 5.34. The number of benzene rings is 1. The van der Waals surface area contributed by atoms with Gasteiger partial charge < -0.3 is 24.4 Å². The summed E-state index contributed by atoms with van der Waals surface area (Å²) in [5.74, 6) is 2.25. The van der Waals surface area contributed by atoms with Gasteiger partial charge in [-0.1, -0.05) is 12.1 Å². The molecule has 1 amide bonds. The van der Waals surface area contributed by atoms with Crippen LogP contribution in [0.1, 0.15) is 37.8 Å². The van der Waals surface area contributed by atoms with Crippen LogP contribution in [0, 0.1) is 5.92 Å². The number of nitrogens with one attached hydrogen (secondary N) is 1. The maximum absolute atomic E-state index is 11.4. The van der Waals surface area contributed by atoms with Crippen LogP contribution in [-0.4, -0.2) is 44.0 Å². The van der Waals surface area contributed by atoms with Crippen molar-refractivity contribution in [3.63, 3.8) is 0 Å². The van der Waals surface area contributed by atoms with E-state index in [-0.39, 0.29) is 12.1 Å². The van der Waals surface area contributed by atoms with Crippen molar-refractivity contribution >= 4 is 11.8 Å². The Morgan fingerprint density at radius 2 is 2.03 bits per heavy atom. The summed E-state index contributed by atoms with van der Waals surface area (Å²) in [6.07, 6.45) is 5.01. The highest BCUT2D eigenvalue weighted by Crippen LogP contribution is 2.30. The smallest absolute Gasteiger partial charge is 0.407 e. The monoisotopic (exact) mass is 411 g/mol. The maximum Gasteiger partial charge on any atom is 0.407 e. The Morgan fingerprint density at radius 3 is 2.77 bits per heavy atom. The first-order chi connectivity index (χ1) is 14.6. The second kappa shape index (κ2) is 9.24. The molecule has 2 heterocycles. The van der Waals surface area contributed by atoms with Crippen LogP contribution < -0.4 is 19.7 Å². The van der Waals surface area contributed by atoms with Gasteiger partial charge in [0.2, 0.25) is 5.88 Å². The van der Waals surface area contributed by atoms with Gasteiger partial charge in [0.25, 0.3) is 0 Å². The molecule has 2 aromatic rings. The lowest BCUT2D eigenvalue weighted by atomic mass is 10.1. The topological polar surface area (TPSA) is 72.9 Å². The number of carbonyl (C=O) groups excluding carboxylic acids is 1. The Bertz CT molecular complexity index is 854. The molecule has 160 valence electrons. The van der Waals surface area contributed by atoms with E-state index in [4.69, 9.17) is 9.47 Å². The molecule has 1 saturated heterocycles. The van der Waals surface area contributed by atoms with Crippen molar-refractivity contribution in [3.8, 4) is 11.6 Å². The lowest BCUT2D eigenvalue weighted by molar-refractivity contribution is 0.167. The van der Waals surface area contributed by atoms with Crippen molar-refractivity contribution in [1.29, 1.82) is 0 Å². The average molecular weight is 412 g/mol. The van der Waals surface area contributed by atoms with E-state index in [0.29, 0.717) is 11.8 Å². The fraction of sp³-hybridized carbons (Fsp3) is 0.478. The van der Waals surface area contributed by atoms with E-state index < -0.39 is 6.09 Å². The van der Waals surface area contributed by atoms with Crippen LogP contribution in [-0.2, 0) is 4.74 Å². The number of ether oxygens (including phenoxy) is 3. The van der Waals surface area contributed by atoms with Crippen LogP contribution in [0.25, 0.3) is 0 Å². The molecule has 1 aromatic heterocycles. The van der Waals surface area contributed by atoms with Crippen molar-refractivity contribution in [2.75, 3.05) is 31.7 Å². The number of pyridine rings is 1. The number of nitrogens with zero attached hydrogens (tertiary/aromatic N) is 2. The molecule has 1 aliphatic heterocycles. The molecule has 4 rings (SSSR count). The van der Waals surface area contributed by atoms with E-state index >= 15 is 0 Å². The van der Waals surface area contributed by atoms with E-state index in [2.05, 4.69) is 19.9 Å². The van der Waals surface area contributed by atoms with E-state index in [1.807, 2.05) is 49.5 Å². The molecule has 2 fully saturated rings. The predicted molar refractivity (Wildman–Crippen MR) is 114 cm³/mol. The number of methoxy groups -OCH3 is 1. The van der Waals surface area contributed by atoms with Crippen LogP contribution in [0.5, 0.6) is 11.6 Å². The first-order valence-electron chi connectivity index (χ1n) is 10.6. The highest BCUT2D eigenvalue weighted by atomic mass is 16.5. The van der Waals surface area contributed by atoms with E-state index in [9.17, 15) is 4.79 Å². The van der Waals surface area contributed by atoms with Gasteiger partial charge in [0.1, 0.15) is 11.9 Å². The van der Waals surface area contributed by atoms with Crippen molar-refractivity contribution in [1.82, 2.24) is 10.3 Å². The fourth-order valence-corrected chi connectivity index (χ4v) is 3.57. The SMILES string of the molecule is COC(=O)N[C@@H](C)c1ccc(OC2CCN(c3ccnc(OCC4CC4)c3)C2)cc1. The minimum atomic E-state index is -0.439. The summed E-state index contributed by atoms with van der Waals surface area (Å²) in [4.78, 5) is 18.0. The Kier molecular flexibility index (Phi) is 6.26. The molecule has 1 N–H and O–H groups in total. The molecule has 0 spiro atoms. The number of amides is 1. The summed E-state index contributed by atoms with van der Waals surface area (Å²) in [6.45, 7) is 4.45. The predicted octanol–water partition coefficient (Wildman–Crippen LogP) is 3.95. The molecule has 1 aromatic carbocycles. The number of aromatic nitrogens is 1. The second-order valence-corrected chi connectivity index (χ2v) is 8.01. The molecular weight excluding hydrogens is 382 g/mol. The normalized spacial score (nSPS) is 19.3. The molecular formula is C23H29N3O4. The van der Waals surface area contributed by atoms with E-state index in [1.54, 1.807) is 0 Å². The molecule has 7 heteroatoms.